The van der Waals surface area contributed by atoms with Crippen molar-refractivity contribution in [3.8, 4) is 0 Å². The normalized spacial score (nSPS) is 14.4. The summed E-state index contributed by atoms with van der Waals surface area (Å²) in [4.78, 5) is 12.6. The molecule has 1 aliphatic rings. The quantitative estimate of drug-likeness (QED) is 0.619. The molecule has 0 aromatic heterocycles. The van der Waals surface area contributed by atoms with Crippen molar-refractivity contribution in [1.29, 1.82) is 0 Å². The second-order valence-electron chi connectivity index (χ2n) is 4.70. The van der Waals surface area contributed by atoms with Crippen molar-refractivity contribution in [2.45, 2.75) is 37.0 Å². The van der Waals surface area contributed by atoms with E-state index >= 15 is 0 Å². The third kappa shape index (κ3) is 4.22. The number of amides is 1. The van der Waals surface area contributed by atoms with Crippen molar-refractivity contribution in [2.75, 3.05) is 6.54 Å². The number of rotatable bonds is 5. The first-order valence-corrected chi connectivity index (χ1v) is 6.91. The third-order valence-corrected chi connectivity index (χ3v) is 3.50. The van der Waals surface area contributed by atoms with Crippen molar-refractivity contribution in [3.63, 3.8) is 0 Å². The van der Waals surface area contributed by atoms with Gasteiger partial charge in [-0.3, -0.25) is 4.79 Å². The minimum absolute atomic E-state index is 0.0977. The van der Waals surface area contributed by atoms with E-state index in [0.717, 1.165) is 23.4 Å². The summed E-state index contributed by atoms with van der Waals surface area (Å²) in [7, 11) is 0. The molecule has 3 heteroatoms. The van der Waals surface area contributed by atoms with Crippen LogP contribution in [0.15, 0.2) is 40.8 Å². The van der Waals surface area contributed by atoms with Gasteiger partial charge in [-0.2, -0.15) is 0 Å². The molecule has 0 spiro atoms. The highest BCUT2D eigenvalue weighted by atomic mass is 32.1. The van der Waals surface area contributed by atoms with Gasteiger partial charge in [-0.05, 0) is 43.4 Å². The summed E-state index contributed by atoms with van der Waals surface area (Å²) in [6, 6.07) is 7.72. The average molecular weight is 261 g/mol. The van der Waals surface area contributed by atoms with Crippen LogP contribution in [0, 0.1) is 0 Å². The Labute approximate surface area is 114 Å². The molecule has 1 aromatic carbocycles. The molecule has 0 atom stereocenters. The minimum Gasteiger partial charge on any atom is -0.355 e. The van der Waals surface area contributed by atoms with Gasteiger partial charge in [-0.1, -0.05) is 23.8 Å². The fourth-order valence-corrected chi connectivity index (χ4v) is 2.34. The van der Waals surface area contributed by atoms with E-state index in [9.17, 15) is 4.79 Å². The van der Waals surface area contributed by atoms with Crippen LogP contribution in [0.3, 0.4) is 0 Å². The number of benzene rings is 1. The second-order valence-corrected chi connectivity index (χ2v) is 5.21. The number of hydrogen-bond donors (Lipinski definition) is 2. The highest BCUT2D eigenvalue weighted by Gasteiger charge is 2.06. The van der Waals surface area contributed by atoms with E-state index in [1.54, 1.807) is 0 Å². The highest BCUT2D eigenvalue weighted by molar-refractivity contribution is 7.80. The van der Waals surface area contributed by atoms with Crippen molar-refractivity contribution in [1.82, 2.24) is 5.32 Å². The maximum absolute atomic E-state index is 11.7. The lowest BCUT2D eigenvalue weighted by Crippen LogP contribution is -2.26. The molecule has 18 heavy (non-hydrogen) atoms. The Morgan fingerprint density at radius 2 is 2.06 bits per heavy atom. The van der Waals surface area contributed by atoms with E-state index in [-0.39, 0.29) is 5.91 Å². The molecular weight excluding hydrogens is 242 g/mol. The molecular formula is C15H19NOS. The molecule has 2 nitrogen and oxygen atoms in total. The van der Waals surface area contributed by atoms with Crippen molar-refractivity contribution in [2.24, 2.45) is 0 Å². The fraction of sp³-hybridized carbons (Fsp3) is 0.400. The number of thiol groups is 1. The third-order valence-electron chi connectivity index (χ3n) is 3.20. The van der Waals surface area contributed by atoms with E-state index in [1.807, 2.05) is 24.3 Å². The Balaban J connectivity index is 1.70. The van der Waals surface area contributed by atoms with Gasteiger partial charge in [0.15, 0.2) is 0 Å². The predicted molar refractivity (Wildman–Crippen MR) is 77.0 cm³/mol. The molecule has 2 rings (SSSR count). The molecule has 1 aromatic rings. The molecule has 0 radical (unpaired) electrons. The van der Waals surface area contributed by atoms with Crippen LogP contribution >= 0.6 is 12.6 Å². The first-order chi connectivity index (χ1) is 8.74. The summed E-state index contributed by atoms with van der Waals surface area (Å²) in [6.45, 7) is 0.759. The molecule has 0 saturated carbocycles. The number of nitrogens with one attached hydrogen (secondary N) is 1. The van der Waals surface area contributed by atoms with E-state index in [0.29, 0.717) is 6.42 Å². The monoisotopic (exact) mass is 261 g/mol. The predicted octanol–water partition coefficient (Wildman–Crippen LogP) is 3.13. The molecule has 0 bridgehead atoms. The highest BCUT2D eigenvalue weighted by Crippen LogP contribution is 2.19. The molecule has 0 unspecified atom stereocenters. The van der Waals surface area contributed by atoms with Gasteiger partial charge in [0.2, 0.25) is 5.91 Å². The smallest absolute Gasteiger partial charge is 0.224 e. The van der Waals surface area contributed by atoms with Crippen LogP contribution in [0.25, 0.3) is 0 Å². The Morgan fingerprint density at radius 1 is 1.28 bits per heavy atom. The zero-order valence-electron chi connectivity index (χ0n) is 10.5. The average Bonchev–Trinajstić information content (AvgIpc) is 2.85. The molecule has 1 N–H and O–H groups in total. The lowest BCUT2D eigenvalue weighted by molar-refractivity contribution is -0.120. The second kappa shape index (κ2) is 6.64. The van der Waals surface area contributed by atoms with Gasteiger partial charge >= 0.3 is 0 Å². The van der Waals surface area contributed by atoms with Crippen molar-refractivity contribution >= 4 is 18.5 Å². The van der Waals surface area contributed by atoms with Crippen LogP contribution in [-0.2, 0) is 11.2 Å². The van der Waals surface area contributed by atoms with Crippen molar-refractivity contribution in [3.05, 3.63) is 41.5 Å². The van der Waals surface area contributed by atoms with Gasteiger partial charge in [0, 0.05) is 11.4 Å². The summed E-state index contributed by atoms with van der Waals surface area (Å²) in [5.41, 5.74) is 2.53. The van der Waals surface area contributed by atoms with Gasteiger partial charge in [-0.15, -0.1) is 12.6 Å². The van der Waals surface area contributed by atoms with Crippen LogP contribution in [0.2, 0.25) is 0 Å². The van der Waals surface area contributed by atoms with Crippen LogP contribution in [0.4, 0.5) is 0 Å². The molecule has 1 aliphatic carbocycles. The van der Waals surface area contributed by atoms with Crippen LogP contribution in [0.5, 0.6) is 0 Å². The van der Waals surface area contributed by atoms with E-state index < -0.39 is 0 Å². The van der Waals surface area contributed by atoms with Crippen LogP contribution < -0.4 is 5.32 Å². The largest absolute Gasteiger partial charge is 0.355 e. The molecule has 96 valence electrons. The molecule has 0 saturated heterocycles. The standard InChI is InChI=1S/C15H19NOS/c17-15(11-13-5-7-14(18)8-6-13)16-10-9-12-3-1-2-4-12/h3,5-8,18H,1-2,4,9-11H2,(H,16,17). The number of carbonyl (C=O) groups is 1. The summed E-state index contributed by atoms with van der Waals surface area (Å²) < 4.78 is 0. The van der Waals surface area contributed by atoms with Gasteiger partial charge in [0.25, 0.3) is 0 Å². The summed E-state index contributed by atoms with van der Waals surface area (Å²) in [6.07, 6.45) is 7.45. The number of hydrogen-bond acceptors (Lipinski definition) is 2. The summed E-state index contributed by atoms with van der Waals surface area (Å²) in [5, 5.41) is 2.97. The lowest BCUT2D eigenvalue weighted by atomic mass is 10.1. The van der Waals surface area contributed by atoms with Crippen LogP contribution in [0.1, 0.15) is 31.2 Å². The van der Waals surface area contributed by atoms with Crippen molar-refractivity contribution < 1.29 is 4.79 Å². The van der Waals surface area contributed by atoms with E-state index in [4.69, 9.17) is 0 Å². The lowest BCUT2D eigenvalue weighted by Gasteiger charge is -2.06. The topological polar surface area (TPSA) is 29.1 Å². The fourth-order valence-electron chi connectivity index (χ4n) is 2.19. The Morgan fingerprint density at radius 3 is 2.72 bits per heavy atom. The van der Waals surface area contributed by atoms with Gasteiger partial charge in [0.1, 0.15) is 0 Å². The summed E-state index contributed by atoms with van der Waals surface area (Å²) >= 11 is 4.22. The van der Waals surface area contributed by atoms with Crippen LogP contribution in [-0.4, -0.2) is 12.5 Å². The number of carbonyl (C=O) groups excluding carboxylic acids is 1. The molecule has 1 amide bonds. The maximum Gasteiger partial charge on any atom is 0.224 e. The Kier molecular flexibility index (Phi) is 4.88. The minimum atomic E-state index is 0.0977. The Bertz CT molecular complexity index is 436. The number of allylic oxidation sites excluding steroid dienone is 1. The maximum atomic E-state index is 11.7. The Hall–Kier alpha value is -1.22. The zero-order chi connectivity index (χ0) is 12.8. The summed E-state index contributed by atoms with van der Waals surface area (Å²) in [5.74, 6) is 0.0977. The van der Waals surface area contributed by atoms with Gasteiger partial charge in [-0.25, -0.2) is 0 Å². The first kappa shape index (κ1) is 13.2. The van der Waals surface area contributed by atoms with Gasteiger partial charge < -0.3 is 5.32 Å². The molecule has 0 heterocycles. The van der Waals surface area contributed by atoms with E-state index in [1.165, 1.54) is 24.8 Å². The molecule has 0 aliphatic heterocycles. The molecule has 0 fully saturated rings. The first-order valence-electron chi connectivity index (χ1n) is 6.46. The van der Waals surface area contributed by atoms with Gasteiger partial charge in [0.05, 0.1) is 6.42 Å². The SMILES string of the molecule is O=C(Cc1ccc(S)cc1)NCCC1=CCCC1. The zero-order valence-corrected chi connectivity index (χ0v) is 11.4. The van der Waals surface area contributed by atoms with E-state index in [2.05, 4.69) is 24.0 Å².